The van der Waals surface area contributed by atoms with Gasteiger partial charge < -0.3 is 4.90 Å². The molecule has 0 aromatic rings. The van der Waals surface area contributed by atoms with Crippen LogP contribution in [-0.2, 0) is 4.79 Å². The molecule has 0 rings (SSSR count). The second kappa shape index (κ2) is 11.5. The molecule has 0 saturated carbocycles. The van der Waals surface area contributed by atoms with E-state index in [1.54, 1.807) is 0 Å². The van der Waals surface area contributed by atoms with E-state index in [2.05, 4.69) is 6.92 Å². The summed E-state index contributed by atoms with van der Waals surface area (Å²) in [5, 5.41) is 0. The summed E-state index contributed by atoms with van der Waals surface area (Å²) < 4.78 is 0. The van der Waals surface area contributed by atoms with E-state index in [1.165, 1.54) is 0 Å². The molecule has 0 aromatic heterocycles. The molecule has 0 bridgehead atoms. The number of amides is 1. The largest absolute Gasteiger partial charge is 0.343 e. The third-order valence-electron chi connectivity index (χ3n) is 1.86. The minimum Gasteiger partial charge on any atom is -0.343 e. The minimum absolute atomic E-state index is 0.303. The highest BCUT2D eigenvalue weighted by atomic mass is 16.2. The Labute approximate surface area is 83.3 Å². The molecule has 0 aliphatic carbocycles. The van der Waals surface area contributed by atoms with Crippen molar-refractivity contribution < 1.29 is 4.79 Å². The predicted molar refractivity (Wildman–Crippen MR) is 58.8 cm³/mol. The third-order valence-corrected chi connectivity index (χ3v) is 1.86. The second-order valence-electron chi connectivity index (χ2n) is 2.67. The van der Waals surface area contributed by atoms with Crippen molar-refractivity contribution in [2.24, 2.45) is 0 Å². The smallest absolute Gasteiger partial charge is 0.222 e. The molecule has 0 aliphatic rings. The molecule has 2 heteroatoms. The van der Waals surface area contributed by atoms with E-state index in [4.69, 9.17) is 0 Å². The van der Waals surface area contributed by atoms with Gasteiger partial charge in [-0.2, -0.15) is 0 Å². The molecule has 0 radical (unpaired) electrons. The van der Waals surface area contributed by atoms with E-state index in [1.807, 2.05) is 32.6 Å². The molecule has 0 unspecified atom stereocenters. The Morgan fingerprint density at radius 1 is 1.08 bits per heavy atom. The molecule has 0 N–H and O–H groups in total. The number of hydrogen-bond acceptors (Lipinski definition) is 1. The van der Waals surface area contributed by atoms with E-state index in [9.17, 15) is 4.79 Å². The van der Waals surface area contributed by atoms with Gasteiger partial charge in [-0.05, 0) is 20.3 Å². The zero-order valence-electron chi connectivity index (χ0n) is 9.89. The fraction of sp³-hybridized carbons (Fsp3) is 0.909. The molecule has 0 aromatic carbocycles. The average Bonchev–Trinajstić information content (AvgIpc) is 2.19. The van der Waals surface area contributed by atoms with Crippen LogP contribution in [0.15, 0.2) is 0 Å². The molecular weight excluding hydrogens is 162 g/mol. The number of rotatable bonds is 5. The van der Waals surface area contributed by atoms with E-state index in [0.29, 0.717) is 5.91 Å². The molecule has 0 aliphatic heterocycles. The summed E-state index contributed by atoms with van der Waals surface area (Å²) in [7, 11) is 0. The van der Waals surface area contributed by atoms with Crippen molar-refractivity contribution in [3.05, 3.63) is 0 Å². The van der Waals surface area contributed by atoms with Gasteiger partial charge in [-0.1, -0.05) is 27.2 Å². The molecule has 0 fully saturated rings. The lowest BCUT2D eigenvalue weighted by molar-refractivity contribution is -0.130. The molecule has 0 atom stereocenters. The maximum absolute atomic E-state index is 11.3. The van der Waals surface area contributed by atoms with Crippen molar-refractivity contribution in [2.75, 3.05) is 13.1 Å². The maximum Gasteiger partial charge on any atom is 0.222 e. The molecule has 0 spiro atoms. The first-order chi connectivity index (χ1) is 6.26. The van der Waals surface area contributed by atoms with E-state index in [-0.39, 0.29) is 0 Å². The summed E-state index contributed by atoms with van der Waals surface area (Å²) in [5.74, 6) is 0.303. The summed E-state index contributed by atoms with van der Waals surface area (Å²) in [6, 6.07) is 0. The predicted octanol–water partition coefficient (Wildman–Crippen LogP) is 3.07. The van der Waals surface area contributed by atoms with Gasteiger partial charge in [-0.15, -0.1) is 0 Å². The molecule has 1 amide bonds. The maximum atomic E-state index is 11.3. The Bertz CT molecular complexity index is 109. The summed E-state index contributed by atoms with van der Waals surface area (Å²) in [6.45, 7) is 11.8. The Hall–Kier alpha value is -0.530. The lowest BCUT2D eigenvalue weighted by Gasteiger charge is -2.17. The number of nitrogens with zero attached hydrogens (tertiary/aromatic N) is 1. The zero-order chi connectivity index (χ0) is 10.7. The van der Waals surface area contributed by atoms with Gasteiger partial charge in [-0.3, -0.25) is 4.79 Å². The van der Waals surface area contributed by atoms with Crippen LogP contribution >= 0.6 is 0 Å². The monoisotopic (exact) mass is 187 g/mol. The highest BCUT2D eigenvalue weighted by Crippen LogP contribution is 1.99. The van der Waals surface area contributed by atoms with Crippen LogP contribution in [0.25, 0.3) is 0 Å². The number of unbranched alkanes of at least 4 members (excludes halogenated alkanes) is 1. The van der Waals surface area contributed by atoms with Gasteiger partial charge in [0.2, 0.25) is 5.91 Å². The van der Waals surface area contributed by atoms with Gasteiger partial charge in [0.1, 0.15) is 0 Å². The lowest BCUT2D eigenvalue weighted by atomic mass is 10.2. The van der Waals surface area contributed by atoms with E-state index >= 15 is 0 Å². The summed E-state index contributed by atoms with van der Waals surface area (Å²) in [5.41, 5.74) is 0. The van der Waals surface area contributed by atoms with E-state index < -0.39 is 0 Å². The van der Waals surface area contributed by atoms with Crippen molar-refractivity contribution >= 4 is 5.91 Å². The Morgan fingerprint density at radius 3 is 1.85 bits per heavy atom. The van der Waals surface area contributed by atoms with Gasteiger partial charge in [0, 0.05) is 19.5 Å². The first kappa shape index (κ1) is 15.0. The van der Waals surface area contributed by atoms with E-state index in [0.717, 1.165) is 32.4 Å². The van der Waals surface area contributed by atoms with Gasteiger partial charge in [0.25, 0.3) is 0 Å². The van der Waals surface area contributed by atoms with Gasteiger partial charge in [0.15, 0.2) is 0 Å². The fourth-order valence-electron chi connectivity index (χ4n) is 1.06. The van der Waals surface area contributed by atoms with Gasteiger partial charge in [-0.25, -0.2) is 0 Å². The van der Waals surface area contributed by atoms with Crippen molar-refractivity contribution in [3.8, 4) is 0 Å². The van der Waals surface area contributed by atoms with Crippen molar-refractivity contribution in [3.63, 3.8) is 0 Å². The molecule has 0 heterocycles. The quantitative estimate of drug-likeness (QED) is 0.647. The van der Waals surface area contributed by atoms with Gasteiger partial charge in [0.05, 0.1) is 0 Å². The Balaban J connectivity index is 0. The SMILES string of the molecule is CC.CCCCC(=O)N(CC)CC. The lowest BCUT2D eigenvalue weighted by Crippen LogP contribution is -2.30. The zero-order valence-corrected chi connectivity index (χ0v) is 9.89. The van der Waals surface area contributed by atoms with Crippen LogP contribution in [0.2, 0.25) is 0 Å². The summed E-state index contributed by atoms with van der Waals surface area (Å²) in [4.78, 5) is 13.2. The average molecular weight is 187 g/mol. The molecule has 2 nitrogen and oxygen atoms in total. The van der Waals surface area contributed by atoms with Crippen LogP contribution < -0.4 is 0 Å². The minimum atomic E-state index is 0.303. The molecule has 0 saturated heterocycles. The number of hydrogen-bond donors (Lipinski definition) is 0. The fourth-order valence-corrected chi connectivity index (χ4v) is 1.06. The Kier molecular flexibility index (Phi) is 13.2. The van der Waals surface area contributed by atoms with Gasteiger partial charge >= 0.3 is 0 Å². The van der Waals surface area contributed by atoms with Crippen molar-refractivity contribution in [1.82, 2.24) is 4.90 Å². The molecule has 13 heavy (non-hydrogen) atoms. The molecular formula is C11H25NO. The summed E-state index contributed by atoms with van der Waals surface area (Å²) in [6.07, 6.45) is 2.85. The topological polar surface area (TPSA) is 20.3 Å². The van der Waals surface area contributed by atoms with Crippen LogP contribution in [0.4, 0.5) is 0 Å². The van der Waals surface area contributed by atoms with Crippen LogP contribution in [-0.4, -0.2) is 23.9 Å². The second-order valence-corrected chi connectivity index (χ2v) is 2.67. The third kappa shape index (κ3) is 7.82. The summed E-state index contributed by atoms with van der Waals surface area (Å²) >= 11 is 0. The van der Waals surface area contributed by atoms with Crippen molar-refractivity contribution in [1.29, 1.82) is 0 Å². The molecule has 80 valence electrons. The first-order valence-corrected chi connectivity index (χ1v) is 5.54. The normalized spacial score (nSPS) is 8.69. The highest BCUT2D eigenvalue weighted by molar-refractivity contribution is 5.75. The van der Waals surface area contributed by atoms with Crippen LogP contribution in [0, 0.1) is 0 Å². The number of carbonyl (C=O) groups excluding carboxylic acids is 1. The highest BCUT2D eigenvalue weighted by Gasteiger charge is 2.06. The number of carbonyl (C=O) groups is 1. The van der Waals surface area contributed by atoms with Crippen LogP contribution in [0.3, 0.4) is 0 Å². The van der Waals surface area contributed by atoms with Crippen LogP contribution in [0.1, 0.15) is 53.9 Å². The Morgan fingerprint density at radius 2 is 1.54 bits per heavy atom. The van der Waals surface area contributed by atoms with Crippen molar-refractivity contribution in [2.45, 2.75) is 53.9 Å². The first-order valence-electron chi connectivity index (χ1n) is 5.54. The standard InChI is InChI=1S/C9H19NO.C2H6/c1-4-7-8-9(11)10(5-2)6-3;1-2/h4-8H2,1-3H3;1-2H3. The van der Waals surface area contributed by atoms with Crippen LogP contribution in [0.5, 0.6) is 0 Å².